The Balaban J connectivity index is 1.81. The second-order valence-corrected chi connectivity index (χ2v) is 6.15. The molecule has 0 aliphatic carbocycles. The van der Waals surface area contributed by atoms with E-state index in [4.69, 9.17) is 4.74 Å². The Morgan fingerprint density at radius 3 is 2.84 bits per heavy atom. The summed E-state index contributed by atoms with van der Waals surface area (Å²) in [6.45, 7) is 3.14. The van der Waals surface area contributed by atoms with E-state index >= 15 is 0 Å². The number of nitrogens with zero attached hydrogens (tertiary/aromatic N) is 2. The van der Waals surface area contributed by atoms with Gasteiger partial charge in [0.25, 0.3) is 5.56 Å². The molecule has 6 heteroatoms. The number of aromatic nitrogens is 2. The Morgan fingerprint density at radius 1 is 1.36 bits per heavy atom. The number of aryl methyl sites for hydroxylation is 1. The molecule has 1 saturated heterocycles. The first-order chi connectivity index (χ1) is 12.2. The third kappa shape index (κ3) is 4.33. The van der Waals surface area contributed by atoms with E-state index in [-0.39, 0.29) is 24.1 Å². The van der Waals surface area contributed by atoms with Crippen molar-refractivity contribution in [3.63, 3.8) is 0 Å². The van der Waals surface area contributed by atoms with E-state index in [0.29, 0.717) is 18.8 Å². The van der Waals surface area contributed by atoms with Crippen molar-refractivity contribution in [1.82, 2.24) is 14.9 Å². The lowest BCUT2D eigenvalue weighted by atomic mass is 10.2. The standard InChI is InChI=1S/C19H23N3O3/c1-2-15-11-18(24)22(19(21-15)14-7-4-3-5-8-14)13-17(23)20-12-16-9-6-10-25-16/h3-5,7-8,11,16H,2,6,9-10,12-13H2,1H3,(H,20,23)/t16-/m0/s1. The number of benzene rings is 1. The summed E-state index contributed by atoms with van der Waals surface area (Å²) in [5.74, 6) is 0.318. The highest BCUT2D eigenvalue weighted by Crippen LogP contribution is 2.16. The Bertz CT molecular complexity index is 780. The number of rotatable bonds is 6. The SMILES string of the molecule is CCc1cc(=O)n(CC(=O)NC[C@@H]2CCCO2)c(-c2ccccc2)n1. The van der Waals surface area contributed by atoms with Gasteiger partial charge in [-0.3, -0.25) is 14.2 Å². The number of nitrogens with one attached hydrogen (secondary N) is 1. The number of carbonyl (C=O) groups is 1. The molecule has 1 aliphatic rings. The molecule has 0 spiro atoms. The van der Waals surface area contributed by atoms with Crippen LogP contribution >= 0.6 is 0 Å². The molecule has 1 fully saturated rings. The fourth-order valence-corrected chi connectivity index (χ4v) is 2.93. The van der Waals surface area contributed by atoms with Gasteiger partial charge in [-0.05, 0) is 19.3 Å². The second kappa shape index (κ2) is 8.07. The van der Waals surface area contributed by atoms with E-state index < -0.39 is 0 Å². The van der Waals surface area contributed by atoms with Crippen LogP contribution in [0, 0.1) is 0 Å². The molecule has 0 saturated carbocycles. The Hall–Kier alpha value is -2.47. The van der Waals surface area contributed by atoms with Gasteiger partial charge < -0.3 is 10.1 Å². The van der Waals surface area contributed by atoms with Crippen molar-refractivity contribution >= 4 is 5.91 Å². The highest BCUT2D eigenvalue weighted by Gasteiger charge is 2.18. The molecule has 0 radical (unpaired) electrons. The molecule has 1 aromatic carbocycles. The summed E-state index contributed by atoms with van der Waals surface area (Å²) in [6, 6.07) is 11.0. The van der Waals surface area contributed by atoms with Crippen LogP contribution in [0.15, 0.2) is 41.2 Å². The highest BCUT2D eigenvalue weighted by atomic mass is 16.5. The van der Waals surface area contributed by atoms with Gasteiger partial charge in [-0.15, -0.1) is 0 Å². The summed E-state index contributed by atoms with van der Waals surface area (Å²) in [5.41, 5.74) is 1.33. The topological polar surface area (TPSA) is 73.2 Å². The summed E-state index contributed by atoms with van der Waals surface area (Å²) < 4.78 is 6.93. The maximum atomic E-state index is 12.5. The molecule has 2 heterocycles. The molecule has 6 nitrogen and oxygen atoms in total. The van der Waals surface area contributed by atoms with Gasteiger partial charge in [-0.1, -0.05) is 37.3 Å². The van der Waals surface area contributed by atoms with Crippen molar-refractivity contribution in [2.45, 2.75) is 38.8 Å². The average Bonchev–Trinajstić information content (AvgIpc) is 3.16. The number of hydrogen-bond acceptors (Lipinski definition) is 4. The Labute approximate surface area is 146 Å². The van der Waals surface area contributed by atoms with Crippen molar-refractivity contribution in [3.8, 4) is 11.4 Å². The van der Waals surface area contributed by atoms with Gasteiger partial charge in [0.15, 0.2) is 0 Å². The predicted molar refractivity (Wildman–Crippen MR) is 95.3 cm³/mol. The van der Waals surface area contributed by atoms with Gasteiger partial charge >= 0.3 is 0 Å². The van der Waals surface area contributed by atoms with Crippen molar-refractivity contribution < 1.29 is 9.53 Å². The first-order valence-corrected chi connectivity index (χ1v) is 8.72. The fraction of sp³-hybridized carbons (Fsp3) is 0.421. The third-order valence-corrected chi connectivity index (χ3v) is 4.31. The smallest absolute Gasteiger partial charge is 0.254 e. The lowest BCUT2D eigenvalue weighted by Crippen LogP contribution is -2.37. The predicted octanol–water partition coefficient (Wildman–Crippen LogP) is 1.77. The molecule has 2 aromatic rings. The van der Waals surface area contributed by atoms with Crippen LogP contribution in [0.2, 0.25) is 0 Å². The molecule has 0 bridgehead atoms. The van der Waals surface area contributed by atoms with E-state index in [0.717, 1.165) is 30.7 Å². The summed E-state index contributed by atoms with van der Waals surface area (Å²) in [4.78, 5) is 29.4. The molecule has 0 unspecified atom stereocenters. The van der Waals surface area contributed by atoms with Gasteiger partial charge in [0.05, 0.1) is 6.10 Å². The minimum Gasteiger partial charge on any atom is -0.376 e. The van der Waals surface area contributed by atoms with E-state index in [1.165, 1.54) is 10.6 Å². The van der Waals surface area contributed by atoms with Crippen molar-refractivity contribution in [1.29, 1.82) is 0 Å². The number of ether oxygens (including phenoxy) is 1. The fourth-order valence-electron chi connectivity index (χ4n) is 2.93. The third-order valence-electron chi connectivity index (χ3n) is 4.31. The highest BCUT2D eigenvalue weighted by molar-refractivity contribution is 5.76. The van der Waals surface area contributed by atoms with E-state index in [2.05, 4.69) is 10.3 Å². The largest absolute Gasteiger partial charge is 0.376 e. The molecule has 1 N–H and O–H groups in total. The monoisotopic (exact) mass is 341 g/mol. The van der Waals surface area contributed by atoms with E-state index in [1.807, 2.05) is 37.3 Å². The summed E-state index contributed by atoms with van der Waals surface area (Å²) in [5, 5.41) is 2.86. The number of hydrogen-bond donors (Lipinski definition) is 1. The van der Waals surface area contributed by atoms with Crippen LogP contribution < -0.4 is 10.9 Å². The molecule has 1 aliphatic heterocycles. The van der Waals surface area contributed by atoms with Crippen LogP contribution in [0.3, 0.4) is 0 Å². The van der Waals surface area contributed by atoms with Gasteiger partial charge in [-0.25, -0.2) is 4.98 Å². The van der Waals surface area contributed by atoms with Crippen molar-refractivity contribution in [2.75, 3.05) is 13.2 Å². The molecule has 1 atom stereocenters. The maximum Gasteiger partial charge on any atom is 0.254 e. The van der Waals surface area contributed by atoms with Crippen molar-refractivity contribution in [2.24, 2.45) is 0 Å². The van der Waals surface area contributed by atoms with Crippen LogP contribution in [0.1, 0.15) is 25.5 Å². The minimum absolute atomic E-state index is 0.0488. The van der Waals surface area contributed by atoms with Crippen LogP contribution in [0.25, 0.3) is 11.4 Å². The Kier molecular flexibility index (Phi) is 5.60. The molecule has 1 amide bonds. The Morgan fingerprint density at radius 2 is 2.16 bits per heavy atom. The molecule has 3 rings (SSSR count). The van der Waals surface area contributed by atoms with Gasteiger partial charge in [0, 0.05) is 30.5 Å². The first kappa shape index (κ1) is 17.4. The number of carbonyl (C=O) groups excluding carboxylic acids is 1. The minimum atomic E-state index is -0.210. The van der Waals surface area contributed by atoms with Crippen LogP contribution in [-0.2, 0) is 22.5 Å². The molecular weight excluding hydrogens is 318 g/mol. The number of amides is 1. The first-order valence-electron chi connectivity index (χ1n) is 8.72. The van der Waals surface area contributed by atoms with Gasteiger partial charge in [-0.2, -0.15) is 0 Å². The lowest BCUT2D eigenvalue weighted by Gasteiger charge is -2.15. The van der Waals surface area contributed by atoms with Crippen LogP contribution in [0.5, 0.6) is 0 Å². The second-order valence-electron chi connectivity index (χ2n) is 6.15. The van der Waals surface area contributed by atoms with Crippen LogP contribution in [-0.4, -0.2) is 34.7 Å². The molecular formula is C19H23N3O3. The molecule has 132 valence electrons. The zero-order valence-electron chi connectivity index (χ0n) is 14.4. The summed E-state index contributed by atoms with van der Waals surface area (Å²) >= 11 is 0. The zero-order chi connectivity index (χ0) is 17.6. The van der Waals surface area contributed by atoms with Gasteiger partial charge in [0.2, 0.25) is 5.91 Å². The maximum absolute atomic E-state index is 12.5. The van der Waals surface area contributed by atoms with E-state index in [9.17, 15) is 9.59 Å². The zero-order valence-corrected chi connectivity index (χ0v) is 14.4. The van der Waals surface area contributed by atoms with Crippen LogP contribution in [0.4, 0.5) is 0 Å². The van der Waals surface area contributed by atoms with Gasteiger partial charge in [0.1, 0.15) is 12.4 Å². The van der Waals surface area contributed by atoms with Crippen molar-refractivity contribution in [3.05, 3.63) is 52.4 Å². The lowest BCUT2D eigenvalue weighted by molar-refractivity contribution is -0.122. The van der Waals surface area contributed by atoms with E-state index in [1.54, 1.807) is 0 Å². The quantitative estimate of drug-likeness (QED) is 0.869. The normalized spacial score (nSPS) is 16.8. The molecule has 25 heavy (non-hydrogen) atoms. The molecule has 1 aromatic heterocycles. The summed E-state index contributed by atoms with van der Waals surface area (Å²) in [7, 11) is 0. The summed E-state index contributed by atoms with van der Waals surface area (Å²) in [6.07, 6.45) is 2.74. The average molecular weight is 341 g/mol.